The maximum Gasteiger partial charge on any atom is 0.326 e. The molecule has 58 heavy (non-hydrogen) atoms. The van der Waals surface area contributed by atoms with Gasteiger partial charge in [-0.2, -0.15) is 0 Å². The number of nitrogens with two attached hydrogens (primary N) is 2. The summed E-state index contributed by atoms with van der Waals surface area (Å²) in [5.41, 5.74) is 12.5. The first-order valence-corrected chi connectivity index (χ1v) is 19.8. The quantitative estimate of drug-likeness (QED) is 0.0619. The van der Waals surface area contributed by atoms with E-state index < -0.39 is 89.5 Å². The molecule has 18 nitrogen and oxygen atoms in total. The molecule has 1 heterocycles. The Balaban J connectivity index is 2.30. The van der Waals surface area contributed by atoms with Crippen LogP contribution in [0.15, 0.2) is 30.5 Å². The number of H-pyrrole nitrogens is 1. The van der Waals surface area contributed by atoms with Crippen LogP contribution >= 0.6 is 0 Å². The highest BCUT2D eigenvalue weighted by atomic mass is 16.4. The number of amides is 7. The molecule has 0 aliphatic carbocycles. The molecule has 0 aliphatic heterocycles. The molecule has 322 valence electrons. The van der Waals surface area contributed by atoms with Gasteiger partial charge in [0.05, 0.1) is 0 Å². The Kier molecular flexibility index (Phi) is 19.8. The van der Waals surface area contributed by atoms with Crippen LogP contribution in [0.3, 0.4) is 0 Å². The fraction of sp³-hybridized carbons (Fsp3) is 0.600. The zero-order chi connectivity index (χ0) is 43.7. The van der Waals surface area contributed by atoms with Crippen LogP contribution < -0.4 is 43.4 Å². The van der Waals surface area contributed by atoms with Gasteiger partial charge in [0.25, 0.3) is 0 Å². The number of rotatable bonds is 25. The summed E-state index contributed by atoms with van der Waals surface area (Å²) < 4.78 is 0. The van der Waals surface area contributed by atoms with E-state index in [1.807, 2.05) is 32.0 Å². The van der Waals surface area contributed by atoms with Gasteiger partial charge >= 0.3 is 5.97 Å². The molecule has 1 aromatic carbocycles. The van der Waals surface area contributed by atoms with Gasteiger partial charge in [0.15, 0.2) is 0 Å². The largest absolute Gasteiger partial charge is 0.480 e. The number of unbranched alkanes of at least 4 members (excludes halogenated alkanes) is 1. The van der Waals surface area contributed by atoms with E-state index in [0.29, 0.717) is 24.9 Å². The minimum Gasteiger partial charge on any atom is -0.480 e. The summed E-state index contributed by atoms with van der Waals surface area (Å²) in [5.74, 6) is -7.01. The second-order valence-electron chi connectivity index (χ2n) is 15.7. The number of nitrogens with one attached hydrogen (secondary N) is 7. The number of carbonyl (C=O) groups excluding carboxylic acids is 7. The number of carboxylic acid groups (broad SMARTS) is 1. The van der Waals surface area contributed by atoms with E-state index >= 15 is 0 Å². The summed E-state index contributed by atoms with van der Waals surface area (Å²) >= 11 is 0. The van der Waals surface area contributed by atoms with Crippen molar-refractivity contribution < 1.29 is 43.5 Å². The highest BCUT2D eigenvalue weighted by Gasteiger charge is 2.35. The van der Waals surface area contributed by atoms with Crippen molar-refractivity contribution in [1.82, 2.24) is 36.9 Å². The van der Waals surface area contributed by atoms with Gasteiger partial charge in [-0.15, -0.1) is 0 Å². The number of aromatic amines is 1. The summed E-state index contributed by atoms with van der Waals surface area (Å²) in [4.78, 5) is 107. The Morgan fingerprint density at radius 3 is 1.74 bits per heavy atom. The number of primary amides is 1. The van der Waals surface area contributed by atoms with Crippen LogP contribution in [-0.2, 0) is 44.8 Å². The first-order chi connectivity index (χ1) is 27.2. The lowest BCUT2D eigenvalue weighted by atomic mass is 9.98. The molecule has 0 radical (unpaired) electrons. The number of hydrogen-bond acceptors (Lipinski definition) is 9. The second-order valence-corrected chi connectivity index (χ2v) is 15.7. The van der Waals surface area contributed by atoms with E-state index in [9.17, 15) is 43.5 Å². The van der Waals surface area contributed by atoms with Crippen molar-refractivity contribution >= 4 is 58.2 Å². The molecule has 0 saturated carbocycles. The van der Waals surface area contributed by atoms with Crippen LogP contribution in [0.2, 0.25) is 0 Å². The molecule has 0 spiro atoms. The van der Waals surface area contributed by atoms with Crippen molar-refractivity contribution in [3.05, 3.63) is 36.0 Å². The molecule has 0 fully saturated rings. The molecule has 6 atom stereocenters. The summed E-state index contributed by atoms with van der Waals surface area (Å²) in [6.45, 7) is 12.1. The lowest BCUT2D eigenvalue weighted by Crippen LogP contribution is -2.61. The molecule has 0 unspecified atom stereocenters. The monoisotopic (exact) mass is 813 g/mol. The Morgan fingerprint density at radius 2 is 1.19 bits per heavy atom. The van der Waals surface area contributed by atoms with Gasteiger partial charge < -0.3 is 53.5 Å². The van der Waals surface area contributed by atoms with E-state index in [1.165, 1.54) is 6.92 Å². The van der Waals surface area contributed by atoms with Crippen molar-refractivity contribution in [3.63, 3.8) is 0 Å². The standard InChI is InChI=1S/C40H63N9O9/c1-21(2)18-30(47-39(56)34(23(5)6)49-36(53)28(14-10-11-17-41)46-38(55)33(22(3)4)44-24(7)50)37(54)45-29(15-16-32(42)51)35(52)48-31(40(57)58)19-25-20-43-27-13-9-8-12-26(25)27/h8-9,12-13,20-23,28-31,33-34,43H,10-11,14-19,41H2,1-7H3,(H2,42,51)(H,44,50)(H,45,54)(H,46,55)(H,47,56)(H,48,52)(H,49,53)(H,57,58)/t28-,29-,30-,31-,33-,34-/m0/s1. The maximum absolute atomic E-state index is 13.9. The molecular formula is C40H63N9O9. The molecule has 0 aliphatic rings. The predicted molar refractivity (Wildman–Crippen MR) is 217 cm³/mol. The molecule has 0 bridgehead atoms. The van der Waals surface area contributed by atoms with Crippen molar-refractivity contribution in [2.75, 3.05) is 6.54 Å². The fourth-order valence-electron chi connectivity index (χ4n) is 6.35. The van der Waals surface area contributed by atoms with Crippen LogP contribution in [-0.4, -0.2) is 100 Å². The average Bonchev–Trinajstić information content (AvgIpc) is 3.55. The van der Waals surface area contributed by atoms with Gasteiger partial charge in [-0.3, -0.25) is 33.6 Å². The first kappa shape index (κ1) is 48.6. The normalized spacial score (nSPS) is 14.5. The molecule has 18 heteroatoms. The Hall–Kier alpha value is -5.52. The number of hydrogen-bond donors (Lipinski definition) is 10. The highest BCUT2D eigenvalue weighted by Crippen LogP contribution is 2.19. The number of carboxylic acids is 1. The third-order valence-electron chi connectivity index (χ3n) is 9.50. The van der Waals surface area contributed by atoms with Crippen molar-refractivity contribution in [1.29, 1.82) is 0 Å². The first-order valence-electron chi connectivity index (χ1n) is 19.8. The number of fused-ring (bicyclic) bond motifs is 1. The van der Waals surface area contributed by atoms with E-state index in [1.54, 1.807) is 40.0 Å². The van der Waals surface area contributed by atoms with Crippen LogP contribution in [0.1, 0.15) is 92.6 Å². The van der Waals surface area contributed by atoms with Gasteiger partial charge in [-0.25, -0.2) is 4.79 Å². The average molecular weight is 814 g/mol. The fourth-order valence-corrected chi connectivity index (χ4v) is 6.35. The van der Waals surface area contributed by atoms with Crippen LogP contribution in [0.4, 0.5) is 0 Å². The Labute approximate surface area is 339 Å². The molecule has 12 N–H and O–H groups in total. The van der Waals surface area contributed by atoms with Gasteiger partial charge in [0.1, 0.15) is 36.3 Å². The smallest absolute Gasteiger partial charge is 0.326 e. The van der Waals surface area contributed by atoms with E-state index in [2.05, 4.69) is 36.9 Å². The zero-order valence-electron chi connectivity index (χ0n) is 34.6. The number of aromatic nitrogens is 1. The molecule has 7 amide bonds. The van der Waals surface area contributed by atoms with Crippen LogP contribution in [0, 0.1) is 17.8 Å². The SMILES string of the molecule is CC(=O)N[C@H](C(=O)N[C@@H](CCCCN)C(=O)N[C@H](C(=O)N[C@@H](CC(C)C)C(=O)N[C@@H](CCC(N)=O)C(=O)N[C@@H](Cc1c[nH]c2ccccc12)C(=O)O)C(C)C)C(C)C. The third-order valence-corrected chi connectivity index (χ3v) is 9.50. The van der Waals surface area contributed by atoms with Gasteiger partial charge in [0.2, 0.25) is 41.4 Å². The van der Waals surface area contributed by atoms with E-state index in [0.717, 1.165) is 10.9 Å². The van der Waals surface area contributed by atoms with Crippen LogP contribution in [0.25, 0.3) is 10.9 Å². The summed E-state index contributed by atoms with van der Waals surface area (Å²) in [6, 6.07) is 0.0844. The number of benzene rings is 1. The van der Waals surface area contributed by atoms with Gasteiger partial charge in [-0.1, -0.05) is 59.7 Å². The second kappa shape index (κ2) is 23.6. The predicted octanol–water partition coefficient (Wildman–Crippen LogP) is 0.476. The summed E-state index contributed by atoms with van der Waals surface area (Å²) in [6.07, 6.45) is 2.36. The van der Waals surface area contributed by atoms with E-state index in [-0.39, 0.29) is 43.9 Å². The van der Waals surface area contributed by atoms with E-state index in [4.69, 9.17) is 11.5 Å². The zero-order valence-corrected chi connectivity index (χ0v) is 34.6. The van der Waals surface area contributed by atoms with Gasteiger partial charge in [0, 0.05) is 36.9 Å². The minimum atomic E-state index is -1.40. The highest BCUT2D eigenvalue weighted by molar-refractivity contribution is 5.97. The minimum absolute atomic E-state index is 0.0823. The topological polar surface area (TPSA) is 297 Å². The molecule has 2 aromatic rings. The molecule has 2 rings (SSSR count). The lowest BCUT2D eigenvalue weighted by molar-refractivity contribution is -0.142. The molecular weight excluding hydrogens is 750 g/mol. The van der Waals surface area contributed by atoms with Crippen molar-refractivity contribution in [2.24, 2.45) is 29.2 Å². The maximum atomic E-state index is 13.9. The number of carbonyl (C=O) groups is 8. The van der Waals surface area contributed by atoms with Crippen molar-refractivity contribution in [3.8, 4) is 0 Å². The van der Waals surface area contributed by atoms with Crippen molar-refractivity contribution in [2.45, 2.75) is 130 Å². The third kappa shape index (κ3) is 15.8. The molecule has 0 saturated heterocycles. The Morgan fingerprint density at radius 1 is 0.672 bits per heavy atom. The summed E-state index contributed by atoms with van der Waals surface area (Å²) in [7, 11) is 0. The lowest BCUT2D eigenvalue weighted by Gasteiger charge is -2.29. The Bertz CT molecular complexity index is 1740. The molecule has 1 aromatic heterocycles. The van der Waals surface area contributed by atoms with Gasteiger partial charge in [-0.05, 0) is 68.0 Å². The van der Waals surface area contributed by atoms with Crippen LogP contribution in [0.5, 0.6) is 0 Å². The summed E-state index contributed by atoms with van der Waals surface area (Å²) in [5, 5.41) is 26.6. The number of para-hydroxylation sites is 1. The number of aliphatic carboxylic acids is 1.